The lowest BCUT2D eigenvalue weighted by molar-refractivity contribution is -0.118. The minimum absolute atomic E-state index is 0.262. The molecule has 160 valence electrons. The number of imide groups is 1. The van der Waals surface area contributed by atoms with Crippen molar-refractivity contribution in [3.63, 3.8) is 0 Å². The number of benzene rings is 1. The molecule has 2 aliphatic rings. The molecule has 2 aliphatic heterocycles. The highest BCUT2D eigenvalue weighted by molar-refractivity contribution is 8.09. The Morgan fingerprint density at radius 2 is 1.97 bits per heavy atom. The van der Waals surface area contributed by atoms with Gasteiger partial charge in [-0.3, -0.25) is 19.1 Å². The van der Waals surface area contributed by atoms with E-state index < -0.39 is 11.3 Å². The average molecular weight is 446 g/mol. The Morgan fingerprint density at radius 3 is 2.81 bits per heavy atom. The number of pyridine rings is 1. The second kappa shape index (κ2) is 6.67. The van der Waals surface area contributed by atoms with Crippen molar-refractivity contribution in [2.45, 2.75) is 18.2 Å². The highest BCUT2D eigenvalue weighted by Crippen LogP contribution is 2.45. The Labute approximate surface area is 187 Å². The van der Waals surface area contributed by atoms with Crippen LogP contribution >= 0.6 is 11.8 Å². The number of rotatable bonds is 2. The molecule has 6 rings (SSSR count). The first-order valence-corrected chi connectivity index (χ1v) is 11.0. The Hall–Kier alpha value is -3.66. The minimum Gasteiger partial charge on any atom is -0.329 e. The Morgan fingerprint density at radius 1 is 1.12 bits per heavy atom. The van der Waals surface area contributed by atoms with Gasteiger partial charge in [-0.25, -0.2) is 9.69 Å². The van der Waals surface area contributed by atoms with Gasteiger partial charge in [-0.15, -0.1) is 11.8 Å². The minimum atomic E-state index is -0.461. The van der Waals surface area contributed by atoms with Crippen LogP contribution in [-0.4, -0.2) is 47.8 Å². The van der Waals surface area contributed by atoms with E-state index in [1.54, 1.807) is 28.8 Å². The van der Waals surface area contributed by atoms with Crippen molar-refractivity contribution in [1.82, 2.24) is 29.9 Å². The van der Waals surface area contributed by atoms with Gasteiger partial charge in [0.05, 0.1) is 35.2 Å². The molecule has 0 radical (unpaired) electrons. The normalized spacial score (nSPS) is 20.7. The first kappa shape index (κ1) is 19.1. The topological polar surface area (TPSA) is 97.9 Å². The van der Waals surface area contributed by atoms with Crippen LogP contribution in [0, 0.1) is 6.92 Å². The van der Waals surface area contributed by atoms with Gasteiger partial charge in [0.1, 0.15) is 5.25 Å². The Bertz CT molecular complexity index is 1480. The summed E-state index contributed by atoms with van der Waals surface area (Å²) in [7, 11) is 3.67. The number of carbonyl (C=O) groups excluding carboxylic acids is 2. The summed E-state index contributed by atoms with van der Waals surface area (Å²) in [4.78, 5) is 33.0. The van der Waals surface area contributed by atoms with Crippen LogP contribution in [0.4, 0.5) is 10.5 Å². The van der Waals surface area contributed by atoms with E-state index in [1.807, 2.05) is 38.4 Å². The number of urea groups is 1. The van der Waals surface area contributed by atoms with Gasteiger partial charge in [0.2, 0.25) is 0 Å². The quantitative estimate of drug-likeness (QED) is 0.510. The van der Waals surface area contributed by atoms with Gasteiger partial charge < -0.3 is 5.32 Å². The van der Waals surface area contributed by atoms with Crippen LogP contribution in [-0.2, 0) is 18.9 Å². The molecule has 5 heterocycles. The molecule has 0 spiro atoms. The number of nitrogens with zero attached hydrogens (tertiary/aromatic N) is 6. The Kier molecular flexibility index (Phi) is 3.97. The molecule has 1 N–H and O–H groups in total. The van der Waals surface area contributed by atoms with E-state index in [4.69, 9.17) is 0 Å². The van der Waals surface area contributed by atoms with Crippen molar-refractivity contribution in [3.8, 4) is 0 Å². The third-order valence-corrected chi connectivity index (χ3v) is 7.33. The average Bonchev–Trinajstić information content (AvgIpc) is 3.45. The van der Waals surface area contributed by atoms with Crippen molar-refractivity contribution in [2.24, 2.45) is 14.1 Å². The molecule has 0 saturated carbocycles. The molecule has 4 aromatic rings. The second-order valence-electron chi connectivity index (χ2n) is 8.08. The van der Waals surface area contributed by atoms with Crippen molar-refractivity contribution in [1.29, 1.82) is 0 Å². The third kappa shape index (κ3) is 2.62. The molecule has 10 heteroatoms. The summed E-state index contributed by atoms with van der Waals surface area (Å²) in [6.45, 7) is 2.05. The molecule has 32 heavy (non-hydrogen) atoms. The number of thioether (sulfide) groups is 1. The number of anilines is 1. The zero-order chi connectivity index (χ0) is 22.1. The maximum atomic E-state index is 13.6. The predicted octanol–water partition coefficient (Wildman–Crippen LogP) is 2.74. The van der Waals surface area contributed by atoms with Crippen LogP contribution in [0.2, 0.25) is 0 Å². The van der Waals surface area contributed by atoms with Crippen LogP contribution in [0.25, 0.3) is 26.7 Å². The molecule has 2 atom stereocenters. The summed E-state index contributed by atoms with van der Waals surface area (Å²) in [5, 5.41) is 13.1. The van der Waals surface area contributed by atoms with Crippen molar-refractivity contribution < 1.29 is 9.59 Å². The number of nitrogens with one attached hydrogen (secondary N) is 1. The van der Waals surface area contributed by atoms with E-state index in [1.165, 1.54) is 22.9 Å². The van der Waals surface area contributed by atoms with E-state index >= 15 is 0 Å². The molecule has 1 aromatic carbocycles. The fourth-order valence-corrected chi connectivity index (χ4v) is 5.94. The molecule has 1 fully saturated rings. The van der Waals surface area contributed by atoms with Gasteiger partial charge in [0.15, 0.2) is 0 Å². The van der Waals surface area contributed by atoms with Crippen LogP contribution in [0.3, 0.4) is 0 Å². The van der Waals surface area contributed by atoms with E-state index in [0.717, 1.165) is 32.3 Å². The molecule has 1 saturated heterocycles. The molecule has 0 bridgehead atoms. The number of fused-ring (bicyclic) bond motifs is 3. The smallest absolute Gasteiger partial charge is 0.329 e. The fraction of sp³-hybridized carbons (Fsp3) is 0.227. The molecule has 2 unspecified atom stereocenters. The number of hydrogen-bond acceptors (Lipinski definition) is 6. The van der Waals surface area contributed by atoms with Gasteiger partial charge in [-0.05, 0) is 24.6 Å². The van der Waals surface area contributed by atoms with Crippen molar-refractivity contribution >= 4 is 56.1 Å². The Balaban J connectivity index is 1.41. The van der Waals surface area contributed by atoms with Gasteiger partial charge in [-0.2, -0.15) is 10.2 Å². The zero-order valence-corrected chi connectivity index (χ0v) is 18.4. The van der Waals surface area contributed by atoms with Gasteiger partial charge in [-0.1, -0.05) is 6.07 Å². The summed E-state index contributed by atoms with van der Waals surface area (Å²) >= 11 is 1.48. The maximum Gasteiger partial charge on any atom is 0.329 e. The fourth-order valence-electron chi connectivity index (χ4n) is 4.55. The van der Waals surface area contributed by atoms with Crippen molar-refractivity contribution in [3.05, 3.63) is 54.1 Å². The first-order chi connectivity index (χ1) is 15.4. The highest BCUT2D eigenvalue weighted by Gasteiger charge is 2.46. The number of amides is 3. The second-order valence-corrected chi connectivity index (χ2v) is 9.26. The molecule has 9 nitrogen and oxygen atoms in total. The third-order valence-electron chi connectivity index (χ3n) is 5.99. The molecule has 3 amide bonds. The molecular weight excluding hydrogens is 426 g/mol. The van der Waals surface area contributed by atoms with E-state index in [9.17, 15) is 9.59 Å². The van der Waals surface area contributed by atoms with E-state index in [0.29, 0.717) is 11.2 Å². The SMILES string of the molecule is Cc1ccc2nn(C)cc2c1C1=CC2NC(=O)N(c3cncc4cnn(C)c34)C(=O)C2S1. The standard InChI is InChI=1S/C22H19N7O2S/c1-11-4-5-14-13(10-27(2)26-14)18(11)17-6-15-20(32-17)21(30)29(22(31)25-15)16-9-23-7-12-8-24-28(3)19(12)16/h4-10,15,20H,1-3H3,(H,25,31). The van der Waals surface area contributed by atoms with E-state index in [2.05, 4.69) is 20.5 Å². The lowest BCUT2D eigenvalue weighted by Crippen LogP contribution is -2.60. The summed E-state index contributed by atoms with van der Waals surface area (Å²) in [6, 6.07) is 3.20. The van der Waals surface area contributed by atoms with Gasteiger partial charge >= 0.3 is 6.03 Å². The monoisotopic (exact) mass is 445 g/mol. The number of carbonyl (C=O) groups is 2. The molecular formula is C22H19N7O2S. The predicted molar refractivity (Wildman–Crippen MR) is 123 cm³/mol. The lowest BCUT2D eigenvalue weighted by atomic mass is 10.0. The summed E-state index contributed by atoms with van der Waals surface area (Å²) < 4.78 is 3.44. The van der Waals surface area contributed by atoms with E-state index in [-0.39, 0.29) is 11.9 Å². The highest BCUT2D eigenvalue weighted by atomic mass is 32.2. The molecule has 3 aromatic heterocycles. The first-order valence-electron chi connectivity index (χ1n) is 10.1. The van der Waals surface area contributed by atoms with Crippen LogP contribution in [0.1, 0.15) is 11.1 Å². The van der Waals surface area contributed by atoms with Gasteiger partial charge in [0.25, 0.3) is 5.91 Å². The summed E-state index contributed by atoms with van der Waals surface area (Å²) in [6.07, 6.45) is 8.85. The van der Waals surface area contributed by atoms with Crippen molar-refractivity contribution in [2.75, 3.05) is 4.90 Å². The molecule has 0 aliphatic carbocycles. The van der Waals surface area contributed by atoms with Crippen LogP contribution < -0.4 is 10.2 Å². The maximum absolute atomic E-state index is 13.6. The number of aromatic nitrogens is 5. The lowest BCUT2D eigenvalue weighted by Gasteiger charge is -2.33. The summed E-state index contributed by atoms with van der Waals surface area (Å²) in [5.74, 6) is -0.262. The zero-order valence-electron chi connectivity index (χ0n) is 17.6. The summed E-state index contributed by atoms with van der Waals surface area (Å²) in [5.41, 5.74) is 4.17. The number of aryl methyl sites for hydroxylation is 3. The van der Waals surface area contributed by atoms with Crippen LogP contribution in [0.15, 0.2) is 43.0 Å². The van der Waals surface area contributed by atoms with Gasteiger partial charge in [0, 0.05) is 47.7 Å². The van der Waals surface area contributed by atoms with Crippen LogP contribution in [0.5, 0.6) is 0 Å². The number of hydrogen-bond donors (Lipinski definition) is 1. The largest absolute Gasteiger partial charge is 0.329 e.